The lowest BCUT2D eigenvalue weighted by molar-refractivity contribution is -0.136. The molecule has 3 nitrogen and oxygen atoms in total. The molecule has 0 saturated carbocycles. The van der Waals surface area contributed by atoms with Crippen molar-refractivity contribution in [3.63, 3.8) is 0 Å². The Bertz CT molecular complexity index is 452. The van der Waals surface area contributed by atoms with E-state index >= 15 is 0 Å². The first-order chi connectivity index (χ1) is 9.10. The van der Waals surface area contributed by atoms with Gasteiger partial charge < -0.3 is 10.1 Å². The first kappa shape index (κ1) is 15.4. The fraction of sp³-hybridized carbons (Fsp3) is 0.438. The van der Waals surface area contributed by atoms with Crippen molar-refractivity contribution in [3.8, 4) is 0 Å². The second-order valence-corrected chi connectivity index (χ2v) is 4.56. The number of hydrogen-bond donors (Lipinski definition) is 1. The summed E-state index contributed by atoms with van der Waals surface area (Å²) in [6, 6.07) is 8.57. The SMILES string of the molecule is CC/C(=C/CNC(C)c1ccccc1C)C(=O)OC. The minimum Gasteiger partial charge on any atom is -0.466 e. The van der Waals surface area contributed by atoms with E-state index in [0.717, 1.165) is 0 Å². The largest absolute Gasteiger partial charge is 0.466 e. The van der Waals surface area contributed by atoms with Crippen LogP contribution in [0.5, 0.6) is 0 Å². The Morgan fingerprint density at radius 1 is 1.42 bits per heavy atom. The number of esters is 1. The Morgan fingerprint density at radius 3 is 2.68 bits per heavy atom. The average Bonchev–Trinajstić information content (AvgIpc) is 2.43. The summed E-state index contributed by atoms with van der Waals surface area (Å²) >= 11 is 0. The van der Waals surface area contributed by atoms with Crippen molar-refractivity contribution >= 4 is 5.97 Å². The molecule has 0 saturated heterocycles. The number of benzene rings is 1. The van der Waals surface area contributed by atoms with Gasteiger partial charge in [0.2, 0.25) is 0 Å². The molecule has 0 bridgehead atoms. The maximum atomic E-state index is 11.4. The Labute approximate surface area is 115 Å². The van der Waals surface area contributed by atoms with Gasteiger partial charge >= 0.3 is 5.97 Å². The van der Waals surface area contributed by atoms with Crippen LogP contribution in [0.4, 0.5) is 0 Å². The van der Waals surface area contributed by atoms with E-state index in [9.17, 15) is 4.79 Å². The van der Waals surface area contributed by atoms with Crippen molar-refractivity contribution in [1.29, 1.82) is 0 Å². The molecule has 104 valence electrons. The van der Waals surface area contributed by atoms with Crippen LogP contribution in [-0.4, -0.2) is 19.6 Å². The molecule has 1 aromatic carbocycles. The summed E-state index contributed by atoms with van der Waals surface area (Å²) in [4.78, 5) is 11.4. The molecule has 1 atom stereocenters. The molecule has 1 rings (SSSR count). The molecule has 0 aliphatic rings. The summed E-state index contributed by atoms with van der Waals surface area (Å²) in [7, 11) is 1.41. The monoisotopic (exact) mass is 261 g/mol. The molecule has 1 N–H and O–H groups in total. The molecule has 1 unspecified atom stereocenters. The van der Waals surface area contributed by atoms with Gasteiger partial charge in [-0.1, -0.05) is 37.3 Å². The highest BCUT2D eigenvalue weighted by Gasteiger charge is 2.08. The van der Waals surface area contributed by atoms with E-state index < -0.39 is 0 Å². The lowest BCUT2D eigenvalue weighted by Crippen LogP contribution is -2.20. The highest BCUT2D eigenvalue weighted by molar-refractivity contribution is 5.88. The molecule has 0 aliphatic heterocycles. The van der Waals surface area contributed by atoms with Crippen LogP contribution in [0, 0.1) is 6.92 Å². The molecule has 0 fully saturated rings. The van der Waals surface area contributed by atoms with E-state index in [1.54, 1.807) is 0 Å². The standard InChI is InChI=1S/C16H23NO2/c1-5-14(16(18)19-4)10-11-17-13(3)15-9-7-6-8-12(15)2/h6-10,13,17H,5,11H2,1-4H3/b14-10-. The maximum absolute atomic E-state index is 11.4. The van der Waals surface area contributed by atoms with Crippen LogP contribution >= 0.6 is 0 Å². The second kappa shape index (κ2) is 7.74. The van der Waals surface area contributed by atoms with Crippen molar-refractivity contribution < 1.29 is 9.53 Å². The predicted octanol–water partition coefficient (Wildman–Crippen LogP) is 3.16. The summed E-state index contributed by atoms with van der Waals surface area (Å²) < 4.78 is 4.73. The minimum absolute atomic E-state index is 0.243. The molecule has 19 heavy (non-hydrogen) atoms. The molecule has 0 heterocycles. The van der Waals surface area contributed by atoms with E-state index in [1.165, 1.54) is 18.2 Å². The fourth-order valence-electron chi connectivity index (χ4n) is 2.04. The van der Waals surface area contributed by atoms with Crippen LogP contribution in [0.1, 0.15) is 37.4 Å². The zero-order valence-electron chi connectivity index (χ0n) is 12.2. The predicted molar refractivity (Wildman–Crippen MR) is 78.0 cm³/mol. The van der Waals surface area contributed by atoms with Gasteiger partial charge in [-0.15, -0.1) is 0 Å². The van der Waals surface area contributed by atoms with Gasteiger partial charge in [0.15, 0.2) is 0 Å². The number of carbonyl (C=O) groups excluding carboxylic acids is 1. The Balaban J connectivity index is 2.60. The van der Waals surface area contributed by atoms with E-state index in [1.807, 2.05) is 25.1 Å². The highest BCUT2D eigenvalue weighted by Crippen LogP contribution is 2.16. The van der Waals surface area contributed by atoms with Crippen molar-refractivity contribution in [2.24, 2.45) is 0 Å². The van der Waals surface area contributed by atoms with Crippen LogP contribution in [-0.2, 0) is 9.53 Å². The molecule has 0 aromatic heterocycles. The third-order valence-corrected chi connectivity index (χ3v) is 3.26. The van der Waals surface area contributed by atoms with Crippen LogP contribution in [0.2, 0.25) is 0 Å². The number of hydrogen-bond acceptors (Lipinski definition) is 3. The van der Waals surface area contributed by atoms with Crippen molar-refractivity contribution in [2.75, 3.05) is 13.7 Å². The quantitative estimate of drug-likeness (QED) is 0.631. The van der Waals surface area contributed by atoms with E-state index in [2.05, 4.69) is 31.3 Å². The molecule has 0 aliphatic carbocycles. The molecule has 0 amide bonds. The third kappa shape index (κ3) is 4.52. The van der Waals surface area contributed by atoms with Gasteiger partial charge in [-0.05, 0) is 31.4 Å². The molecule has 1 aromatic rings. The van der Waals surface area contributed by atoms with Gasteiger partial charge in [0.1, 0.15) is 0 Å². The van der Waals surface area contributed by atoms with Crippen LogP contribution in [0.15, 0.2) is 35.9 Å². The topological polar surface area (TPSA) is 38.3 Å². The Hall–Kier alpha value is -1.61. The van der Waals surface area contributed by atoms with E-state index in [0.29, 0.717) is 18.5 Å². The number of methoxy groups -OCH3 is 1. The number of ether oxygens (including phenoxy) is 1. The number of nitrogens with one attached hydrogen (secondary N) is 1. The molecule has 0 spiro atoms. The van der Waals surface area contributed by atoms with Gasteiger partial charge in [-0.2, -0.15) is 0 Å². The average molecular weight is 261 g/mol. The molecule has 0 radical (unpaired) electrons. The highest BCUT2D eigenvalue weighted by atomic mass is 16.5. The number of rotatable bonds is 6. The number of carbonyl (C=O) groups is 1. The Kier molecular flexibility index (Phi) is 6.30. The van der Waals surface area contributed by atoms with E-state index in [4.69, 9.17) is 4.74 Å². The minimum atomic E-state index is -0.243. The first-order valence-corrected chi connectivity index (χ1v) is 6.66. The normalized spacial score (nSPS) is 13.2. The van der Waals surface area contributed by atoms with Crippen molar-refractivity contribution in [3.05, 3.63) is 47.0 Å². The van der Waals surface area contributed by atoms with Gasteiger partial charge in [0.05, 0.1) is 7.11 Å². The van der Waals surface area contributed by atoms with E-state index in [-0.39, 0.29) is 12.0 Å². The summed E-state index contributed by atoms with van der Waals surface area (Å²) in [5.41, 5.74) is 3.27. The lowest BCUT2D eigenvalue weighted by atomic mass is 10.0. The summed E-state index contributed by atoms with van der Waals surface area (Å²) in [5.74, 6) is -0.243. The van der Waals surface area contributed by atoms with Crippen LogP contribution in [0.25, 0.3) is 0 Å². The van der Waals surface area contributed by atoms with Gasteiger partial charge in [-0.25, -0.2) is 4.79 Å². The number of aryl methyl sites for hydroxylation is 1. The lowest BCUT2D eigenvalue weighted by Gasteiger charge is -2.15. The fourth-order valence-corrected chi connectivity index (χ4v) is 2.04. The maximum Gasteiger partial charge on any atom is 0.333 e. The summed E-state index contributed by atoms with van der Waals surface area (Å²) in [6.45, 7) is 6.84. The van der Waals surface area contributed by atoms with Gasteiger partial charge in [-0.3, -0.25) is 0 Å². The zero-order valence-corrected chi connectivity index (χ0v) is 12.2. The van der Waals surface area contributed by atoms with Crippen molar-refractivity contribution in [2.45, 2.75) is 33.2 Å². The third-order valence-electron chi connectivity index (χ3n) is 3.26. The molecular weight excluding hydrogens is 238 g/mol. The Morgan fingerprint density at radius 2 is 2.11 bits per heavy atom. The van der Waals surface area contributed by atoms with Gasteiger partial charge in [0, 0.05) is 18.2 Å². The van der Waals surface area contributed by atoms with Crippen LogP contribution in [0.3, 0.4) is 0 Å². The first-order valence-electron chi connectivity index (χ1n) is 6.66. The van der Waals surface area contributed by atoms with Gasteiger partial charge in [0.25, 0.3) is 0 Å². The smallest absolute Gasteiger partial charge is 0.333 e. The second-order valence-electron chi connectivity index (χ2n) is 4.56. The summed E-state index contributed by atoms with van der Waals surface area (Å²) in [5, 5.41) is 3.40. The zero-order chi connectivity index (χ0) is 14.3. The molecular formula is C16H23NO2. The summed E-state index contributed by atoms with van der Waals surface area (Å²) in [6.07, 6.45) is 2.59. The van der Waals surface area contributed by atoms with Crippen LogP contribution < -0.4 is 5.32 Å². The van der Waals surface area contributed by atoms with Crippen molar-refractivity contribution in [1.82, 2.24) is 5.32 Å². The molecule has 3 heteroatoms.